The molecule has 0 radical (unpaired) electrons. The van der Waals surface area contributed by atoms with Gasteiger partial charge in [0.15, 0.2) is 5.60 Å². The lowest BCUT2D eigenvalue weighted by Crippen LogP contribution is -2.44. The molecule has 1 N–H and O–H groups in total. The molecule has 0 bridgehead atoms. The van der Waals surface area contributed by atoms with E-state index in [-0.39, 0.29) is 16.9 Å². The van der Waals surface area contributed by atoms with Crippen LogP contribution in [0, 0.1) is 26.6 Å². The SMILES string of the molecule is COc1cc(C)c(C)cc1C(O)(Cc1cc(C)cc(F)c1)C(F)(F)F. The molecule has 2 nitrogen and oxygen atoms in total. The Labute approximate surface area is 144 Å². The predicted octanol–water partition coefficient (Wildman–Crippen LogP) is 4.75. The summed E-state index contributed by atoms with van der Waals surface area (Å²) in [6.45, 7) is 4.97. The maximum Gasteiger partial charge on any atom is 0.421 e. The summed E-state index contributed by atoms with van der Waals surface area (Å²) in [6.07, 6.45) is -5.78. The van der Waals surface area contributed by atoms with E-state index in [1.54, 1.807) is 20.8 Å². The molecule has 0 aliphatic rings. The quantitative estimate of drug-likeness (QED) is 0.801. The van der Waals surface area contributed by atoms with Gasteiger partial charge in [-0.2, -0.15) is 13.2 Å². The minimum absolute atomic E-state index is 0.0533. The summed E-state index contributed by atoms with van der Waals surface area (Å²) in [5.74, 6) is -0.706. The molecule has 0 aliphatic carbocycles. The van der Waals surface area contributed by atoms with Crippen molar-refractivity contribution in [2.24, 2.45) is 0 Å². The zero-order chi connectivity index (χ0) is 19.0. The van der Waals surface area contributed by atoms with Crippen molar-refractivity contribution in [1.29, 1.82) is 0 Å². The highest BCUT2D eigenvalue weighted by molar-refractivity contribution is 5.46. The van der Waals surface area contributed by atoms with Gasteiger partial charge in [0, 0.05) is 12.0 Å². The van der Waals surface area contributed by atoms with Crippen LogP contribution in [0.1, 0.15) is 27.8 Å². The molecule has 2 rings (SSSR count). The van der Waals surface area contributed by atoms with Gasteiger partial charge in [0.2, 0.25) is 0 Å². The van der Waals surface area contributed by atoms with Crippen LogP contribution in [0.2, 0.25) is 0 Å². The molecule has 0 saturated heterocycles. The van der Waals surface area contributed by atoms with E-state index in [2.05, 4.69) is 0 Å². The molecular formula is C19H20F4O2. The molecule has 1 atom stereocenters. The Bertz CT molecular complexity index is 763. The number of rotatable bonds is 4. The highest BCUT2D eigenvalue weighted by Crippen LogP contribution is 2.45. The van der Waals surface area contributed by atoms with Crippen LogP contribution in [0.25, 0.3) is 0 Å². The van der Waals surface area contributed by atoms with Gasteiger partial charge in [-0.1, -0.05) is 6.07 Å². The van der Waals surface area contributed by atoms with Crippen LogP contribution in [0.4, 0.5) is 17.6 Å². The number of benzene rings is 2. The second kappa shape index (κ2) is 6.67. The Morgan fingerprint density at radius 2 is 1.56 bits per heavy atom. The summed E-state index contributed by atoms with van der Waals surface area (Å²) in [5.41, 5.74) is -1.71. The second-order valence-corrected chi connectivity index (χ2v) is 6.31. The maximum atomic E-state index is 13.8. The lowest BCUT2D eigenvalue weighted by molar-refractivity contribution is -0.266. The molecule has 25 heavy (non-hydrogen) atoms. The highest BCUT2D eigenvalue weighted by atomic mass is 19.4. The van der Waals surface area contributed by atoms with Gasteiger partial charge in [0.1, 0.15) is 11.6 Å². The fraction of sp³-hybridized carbons (Fsp3) is 0.368. The Balaban J connectivity index is 2.65. The van der Waals surface area contributed by atoms with Crippen LogP contribution >= 0.6 is 0 Å². The van der Waals surface area contributed by atoms with Crippen LogP contribution in [-0.4, -0.2) is 18.4 Å². The van der Waals surface area contributed by atoms with Gasteiger partial charge in [0.25, 0.3) is 0 Å². The minimum Gasteiger partial charge on any atom is -0.496 e. The van der Waals surface area contributed by atoms with Crippen LogP contribution < -0.4 is 4.74 Å². The van der Waals surface area contributed by atoms with Crippen molar-refractivity contribution in [3.05, 3.63) is 64.0 Å². The first-order valence-electron chi connectivity index (χ1n) is 7.69. The predicted molar refractivity (Wildman–Crippen MR) is 87.3 cm³/mol. The summed E-state index contributed by atoms with van der Waals surface area (Å²) >= 11 is 0. The molecule has 0 spiro atoms. The first kappa shape index (κ1) is 19.2. The molecule has 0 aliphatic heterocycles. The van der Waals surface area contributed by atoms with E-state index in [9.17, 15) is 22.7 Å². The first-order chi connectivity index (χ1) is 11.5. The van der Waals surface area contributed by atoms with Crippen LogP contribution in [0.15, 0.2) is 30.3 Å². The van der Waals surface area contributed by atoms with Gasteiger partial charge in [-0.25, -0.2) is 4.39 Å². The minimum atomic E-state index is -4.97. The molecule has 2 aromatic carbocycles. The molecule has 2 aromatic rings. The third-order valence-corrected chi connectivity index (χ3v) is 4.29. The smallest absolute Gasteiger partial charge is 0.421 e. The second-order valence-electron chi connectivity index (χ2n) is 6.31. The topological polar surface area (TPSA) is 29.5 Å². The fourth-order valence-corrected chi connectivity index (χ4v) is 2.84. The summed E-state index contributed by atoms with van der Waals surface area (Å²) in [4.78, 5) is 0. The summed E-state index contributed by atoms with van der Waals surface area (Å²) in [6, 6.07) is 6.36. The van der Waals surface area contributed by atoms with Gasteiger partial charge >= 0.3 is 6.18 Å². The number of halogens is 4. The van der Waals surface area contributed by atoms with Crippen molar-refractivity contribution in [3.63, 3.8) is 0 Å². The zero-order valence-corrected chi connectivity index (χ0v) is 14.5. The van der Waals surface area contributed by atoms with E-state index in [1.807, 2.05) is 0 Å². The van der Waals surface area contributed by atoms with Crippen molar-refractivity contribution in [2.75, 3.05) is 7.11 Å². The number of ether oxygens (including phenoxy) is 1. The van der Waals surface area contributed by atoms with Crippen molar-refractivity contribution in [3.8, 4) is 5.75 Å². The lowest BCUT2D eigenvalue weighted by Gasteiger charge is -2.33. The Morgan fingerprint density at radius 1 is 0.960 bits per heavy atom. The van der Waals surface area contributed by atoms with Crippen molar-refractivity contribution < 1.29 is 27.4 Å². The van der Waals surface area contributed by atoms with E-state index in [0.717, 1.165) is 11.6 Å². The van der Waals surface area contributed by atoms with Crippen LogP contribution in [-0.2, 0) is 12.0 Å². The number of alkyl halides is 3. The standard InChI is InChI=1S/C19H20F4O2/c1-11-5-14(9-15(20)6-11)10-18(24,19(21,22)23)16-7-12(2)13(3)8-17(16)25-4/h5-9,24H,10H2,1-4H3. The highest BCUT2D eigenvalue weighted by Gasteiger charge is 2.56. The summed E-state index contributed by atoms with van der Waals surface area (Å²) in [5, 5.41) is 10.7. The maximum absolute atomic E-state index is 13.8. The van der Waals surface area contributed by atoms with E-state index >= 15 is 0 Å². The molecule has 6 heteroatoms. The number of aliphatic hydroxyl groups is 1. The van der Waals surface area contributed by atoms with E-state index in [4.69, 9.17) is 4.74 Å². The molecular weight excluding hydrogens is 336 g/mol. The van der Waals surface area contributed by atoms with Gasteiger partial charge in [-0.05, 0) is 67.3 Å². The number of hydrogen-bond donors (Lipinski definition) is 1. The van der Waals surface area contributed by atoms with E-state index < -0.39 is 24.0 Å². The molecule has 0 amide bonds. The molecule has 0 heterocycles. The Kier molecular flexibility index (Phi) is 5.14. The van der Waals surface area contributed by atoms with Crippen molar-refractivity contribution in [2.45, 2.75) is 39.0 Å². The fourth-order valence-electron chi connectivity index (χ4n) is 2.84. The third-order valence-electron chi connectivity index (χ3n) is 4.29. The Morgan fingerprint density at radius 3 is 2.08 bits per heavy atom. The van der Waals surface area contributed by atoms with Crippen molar-refractivity contribution in [1.82, 2.24) is 0 Å². The van der Waals surface area contributed by atoms with Gasteiger partial charge in [-0.15, -0.1) is 0 Å². The third kappa shape index (κ3) is 3.79. The first-order valence-corrected chi connectivity index (χ1v) is 7.69. The van der Waals surface area contributed by atoms with Gasteiger partial charge in [0.05, 0.1) is 7.11 Å². The lowest BCUT2D eigenvalue weighted by atomic mass is 9.84. The molecule has 0 aromatic heterocycles. The summed E-state index contributed by atoms with van der Waals surface area (Å²) < 4.78 is 60.1. The number of aryl methyl sites for hydroxylation is 3. The molecule has 0 saturated carbocycles. The Hall–Kier alpha value is -2.08. The molecule has 0 fully saturated rings. The van der Waals surface area contributed by atoms with E-state index in [1.165, 1.54) is 31.4 Å². The number of methoxy groups -OCH3 is 1. The number of hydrogen-bond acceptors (Lipinski definition) is 2. The monoisotopic (exact) mass is 356 g/mol. The van der Waals surface area contributed by atoms with Gasteiger partial charge < -0.3 is 9.84 Å². The normalized spacial score (nSPS) is 14.3. The van der Waals surface area contributed by atoms with Crippen LogP contribution in [0.3, 0.4) is 0 Å². The van der Waals surface area contributed by atoms with Crippen molar-refractivity contribution >= 4 is 0 Å². The average Bonchev–Trinajstić information content (AvgIpc) is 2.47. The molecule has 136 valence electrons. The van der Waals surface area contributed by atoms with Gasteiger partial charge in [-0.3, -0.25) is 0 Å². The molecule has 1 unspecified atom stereocenters. The summed E-state index contributed by atoms with van der Waals surface area (Å²) in [7, 11) is 1.25. The zero-order valence-electron chi connectivity index (χ0n) is 14.5. The average molecular weight is 356 g/mol. The van der Waals surface area contributed by atoms with Crippen LogP contribution in [0.5, 0.6) is 5.75 Å². The van der Waals surface area contributed by atoms with E-state index in [0.29, 0.717) is 11.1 Å². The largest absolute Gasteiger partial charge is 0.496 e.